The molecule has 0 aliphatic rings. The predicted molar refractivity (Wildman–Crippen MR) is 116 cm³/mol. The second-order valence-corrected chi connectivity index (χ2v) is 6.37. The zero-order chi connectivity index (χ0) is 20.1. The molecular weight excluding hydrogens is 364 g/mol. The summed E-state index contributed by atoms with van der Waals surface area (Å²) in [6, 6.07) is 18.9. The molecule has 6 heteroatoms. The molecule has 0 atom stereocenters. The highest BCUT2D eigenvalue weighted by molar-refractivity contribution is 6.08. The number of allylic oxidation sites excluding steroid dienone is 1. The molecule has 0 spiro atoms. The summed E-state index contributed by atoms with van der Waals surface area (Å²) in [5.41, 5.74) is 3.28. The Balaban J connectivity index is 1.47. The number of hydrogen-bond acceptors (Lipinski definition) is 5. The molecule has 0 aliphatic heterocycles. The molecule has 4 rings (SSSR count). The van der Waals surface area contributed by atoms with E-state index >= 15 is 0 Å². The minimum atomic E-state index is -0.149. The first-order valence-corrected chi connectivity index (χ1v) is 9.13. The molecule has 0 unspecified atom stereocenters. The molecule has 4 aromatic rings. The van der Waals surface area contributed by atoms with Crippen LogP contribution in [-0.4, -0.2) is 22.9 Å². The smallest absolute Gasteiger partial charge is 0.191 e. The van der Waals surface area contributed by atoms with Crippen LogP contribution in [0.25, 0.3) is 10.9 Å². The summed E-state index contributed by atoms with van der Waals surface area (Å²) >= 11 is 0. The number of ether oxygens (including phenoxy) is 1. The van der Waals surface area contributed by atoms with Crippen LogP contribution in [0.15, 0.2) is 85.3 Å². The number of aromatic amines is 1. The number of benzene rings is 2. The summed E-state index contributed by atoms with van der Waals surface area (Å²) in [5, 5.41) is 7.43. The van der Waals surface area contributed by atoms with Gasteiger partial charge in [-0.1, -0.05) is 0 Å². The quantitative estimate of drug-likeness (QED) is 0.304. The first-order chi connectivity index (χ1) is 14.2. The van der Waals surface area contributed by atoms with Gasteiger partial charge in [0, 0.05) is 46.9 Å². The Hall–Kier alpha value is -4.06. The minimum absolute atomic E-state index is 0.149. The average Bonchev–Trinajstić information content (AvgIpc) is 3.22. The maximum atomic E-state index is 12.7. The highest BCUT2D eigenvalue weighted by Crippen LogP contribution is 2.22. The van der Waals surface area contributed by atoms with Crippen LogP contribution < -0.4 is 15.4 Å². The van der Waals surface area contributed by atoms with Crippen molar-refractivity contribution in [1.29, 1.82) is 0 Å². The summed E-state index contributed by atoms with van der Waals surface area (Å²) < 4.78 is 5.17. The van der Waals surface area contributed by atoms with E-state index in [-0.39, 0.29) is 5.78 Å². The Labute approximate surface area is 168 Å². The van der Waals surface area contributed by atoms with E-state index in [9.17, 15) is 4.79 Å². The van der Waals surface area contributed by atoms with Gasteiger partial charge in [0.15, 0.2) is 5.78 Å². The van der Waals surface area contributed by atoms with E-state index in [1.165, 1.54) is 6.08 Å². The number of nitrogens with one attached hydrogen (secondary N) is 3. The summed E-state index contributed by atoms with van der Waals surface area (Å²) in [7, 11) is 1.62. The van der Waals surface area contributed by atoms with Crippen LogP contribution in [0.3, 0.4) is 0 Å². The molecule has 2 aromatic heterocycles. The molecule has 2 aromatic carbocycles. The molecule has 0 aliphatic carbocycles. The van der Waals surface area contributed by atoms with Crippen molar-refractivity contribution in [1.82, 2.24) is 9.97 Å². The van der Waals surface area contributed by atoms with Crippen molar-refractivity contribution in [3.8, 4) is 5.75 Å². The van der Waals surface area contributed by atoms with E-state index in [0.717, 1.165) is 28.0 Å². The number of carbonyl (C=O) groups excluding carboxylic acids is 1. The van der Waals surface area contributed by atoms with Crippen LogP contribution in [0.1, 0.15) is 10.4 Å². The second-order valence-electron chi connectivity index (χ2n) is 6.37. The summed E-state index contributed by atoms with van der Waals surface area (Å²) in [5.74, 6) is 1.12. The maximum Gasteiger partial charge on any atom is 0.191 e. The molecule has 0 saturated carbocycles. The van der Waals surface area contributed by atoms with E-state index in [0.29, 0.717) is 11.4 Å². The predicted octanol–water partition coefficient (Wildman–Crippen LogP) is 5.12. The Kier molecular flexibility index (Phi) is 5.25. The molecule has 0 saturated heterocycles. The maximum absolute atomic E-state index is 12.7. The van der Waals surface area contributed by atoms with Crippen molar-refractivity contribution in [2.45, 2.75) is 0 Å². The first kappa shape index (κ1) is 18.3. The Morgan fingerprint density at radius 2 is 1.90 bits per heavy atom. The van der Waals surface area contributed by atoms with Crippen molar-refractivity contribution in [3.05, 3.63) is 90.9 Å². The monoisotopic (exact) mass is 384 g/mol. The van der Waals surface area contributed by atoms with Gasteiger partial charge in [-0.3, -0.25) is 4.79 Å². The van der Waals surface area contributed by atoms with Gasteiger partial charge in [0.2, 0.25) is 0 Å². The molecular formula is C23H20N4O2. The largest absolute Gasteiger partial charge is 0.497 e. The number of H-pyrrole nitrogens is 1. The SMILES string of the molecule is COc1ccc(Nc2ncccc2C(=O)/C=C/Nc2ccc3[nH]ccc3c2)cc1. The van der Waals surface area contributed by atoms with E-state index in [1.54, 1.807) is 31.6 Å². The lowest BCUT2D eigenvalue weighted by atomic mass is 10.1. The highest BCUT2D eigenvalue weighted by atomic mass is 16.5. The van der Waals surface area contributed by atoms with Gasteiger partial charge >= 0.3 is 0 Å². The van der Waals surface area contributed by atoms with Crippen LogP contribution in [0, 0.1) is 0 Å². The van der Waals surface area contributed by atoms with E-state index in [2.05, 4.69) is 20.6 Å². The van der Waals surface area contributed by atoms with Crippen molar-refractivity contribution >= 4 is 33.9 Å². The molecule has 0 fully saturated rings. The molecule has 3 N–H and O–H groups in total. The zero-order valence-electron chi connectivity index (χ0n) is 15.8. The number of methoxy groups -OCH3 is 1. The Bertz CT molecular complexity index is 1160. The van der Waals surface area contributed by atoms with E-state index in [1.807, 2.05) is 54.7 Å². The fourth-order valence-electron chi connectivity index (χ4n) is 2.96. The van der Waals surface area contributed by atoms with Gasteiger partial charge in [-0.15, -0.1) is 0 Å². The van der Waals surface area contributed by atoms with Crippen LogP contribution in [-0.2, 0) is 0 Å². The molecule has 2 heterocycles. The zero-order valence-corrected chi connectivity index (χ0v) is 15.8. The molecule has 6 nitrogen and oxygen atoms in total. The van der Waals surface area contributed by atoms with Gasteiger partial charge in [-0.25, -0.2) is 4.98 Å². The first-order valence-electron chi connectivity index (χ1n) is 9.13. The number of ketones is 1. The lowest BCUT2D eigenvalue weighted by Crippen LogP contribution is -2.04. The lowest BCUT2D eigenvalue weighted by Gasteiger charge is -2.09. The standard InChI is InChI=1S/C23H20N4O2/c1-29-19-7-4-17(5-8-19)27-23-20(3-2-12-26-23)22(28)11-14-24-18-6-9-21-16(15-18)10-13-25-21/h2-15,24-25H,1H3,(H,26,27)/b14-11+. The molecule has 0 amide bonds. The van der Waals surface area contributed by atoms with Crippen molar-refractivity contribution in [2.75, 3.05) is 17.7 Å². The van der Waals surface area contributed by atoms with Gasteiger partial charge in [0.25, 0.3) is 0 Å². The number of aromatic nitrogens is 2. The fraction of sp³-hybridized carbons (Fsp3) is 0.0435. The Morgan fingerprint density at radius 1 is 1.07 bits per heavy atom. The third-order valence-corrected chi connectivity index (χ3v) is 4.46. The van der Waals surface area contributed by atoms with Crippen LogP contribution in [0.4, 0.5) is 17.2 Å². The summed E-state index contributed by atoms with van der Waals surface area (Å²) in [6.07, 6.45) is 6.68. The third-order valence-electron chi connectivity index (χ3n) is 4.46. The topological polar surface area (TPSA) is 79.0 Å². The van der Waals surface area contributed by atoms with E-state index in [4.69, 9.17) is 4.74 Å². The fourth-order valence-corrected chi connectivity index (χ4v) is 2.96. The van der Waals surface area contributed by atoms with Gasteiger partial charge in [0.1, 0.15) is 11.6 Å². The van der Waals surface area contributed by atoms with Gasteiger partial charge < -0.3 is 20.4 Å². The van der Waals surface area contributed by atoms with Crippen LogP contribution in [0.5, 0.6) is 5.75 Å². The van der Waals surface area contributed by atoms with Crippen LogP contribution >= 0.6 is 0 Å². The third kappa shape index (κ3) is 4.27. The average molecular weight is 384 g/mol. The minimum Gasteiger partial charge on any atom is -0.497 e. The van der Waals surface area contributed by atoms with Crippen LogP contribution in [0.2, 0.25) is 0 Å². The molecule has 144 valence electrons. The number of pyridine rings is 1. The van der Waals surface area contributed by atoms with Crippen molar-refractivity contribution < 1.29 is 9.53 Å². The lowest BCUT2D eigenvalue weighted by molar-refractivity contribution is 0.104. The highest BCUT2D eigenvalue weighted by Gasteiger charge is 2.10. The summed E-state index contributed by atoms with van der Waals surface area (Å²) in [6.45, 7) is 0. The van der Waals surface area contributed by atoms with Gasteiger partial charge in [0.05, 0.1) is 12.7 Å². The van der Waals surface area contributed by atoms with E-state index < -0.39 is 0 Å². The van der Waals surface area contributed by atoms with Crippen molar-refractivity contribution in [2.24, 2.45) is 0 Å². The molecule has 0 bridgehead atoms. The molecule has 0 radical (unpaired) electrons. The van der Waals surface area contributed by atoms with Crippen molar-refractivity contribution in [3.63, 3.8) is 0 Å². The number of nitrogens with zero attached hydrogens (tertiary/aromatic N) is 1. The van der Waals surface area contributed by atoms with Gasteiger partial charge in [-0.05, 0) is 60.7 Å². The number of fused-ring (bicyclic) bond motifs is 1. The second kappa shape index (κ2) is 8.31. The number of carbonyl (C=O) groups is 1. The number of rotatable bonds is 7. The Morgan fingerprint density at radius 3 is 2.72 bits per heavy atom. The van der Waals surface area contributed by atoms with Gasteiger partial charge in [-0.2, -0.15) is 0 Å². The number of hydrogen-bond donors (Lipinski definition) is 3. The summed E-state index contributed by atoms with van der Waals surface area (Å²) in [4.78, 5) is 20.2. The normalized spacial score (nSPS) is 10.9. The number of anilines is 3. The molecule has 29 heavy (non-hydrogen) atoms.